The van der Waals surface area contributed by atoms with Crippen LogP contribution >= 0.6 is 27.5 Å². The number of fused-ring (bicyclic) bond motifs is 1. The van der Waals surface area contributed by atoms with Crippen LogP contribution in [0.2, 0.25) is 0 Å². The van der Waals surface area contributed by atoms with Gasteiger partial charge in [0.1, 0.15) is 11.3 Å². The summed E-state index contributed by atoms with van der Waals surface area (Å²) in [6.07, 6.45) is 0. The van der Waals surface area contributed by atoms with Gasteiger partial charge in [0.2, 0.25) is 0 Å². The van der Waals surface area contributed by atoms with Gasteiger partial charge in [-0.25, -0.2) is 0 Å². The standard InChI is InChI=1S/C10H6BrClO2/c11-6-1-2-8-9(13)4-7(5-12)14-10(8)3-6/h1-4H,5H2. The highest BCUT2D eigenvalue weighted by atomic mass is 79.9. The van der Waals surface area contributed by atoms with Gasteiger partial charge in [-0.05, 0) is 18.2 Å². The zero-order valence-corrected chi connectivity index (χ0v) is 9.43. The number of rotatable bonds is 1. The SMILES string of the molecule is O=c1cc(CCl)oc2cc(Br)ccc12. The van der Waals surface area contributed by atoms with Crippen molar-refractivity contribution >= 4 is 38.5 Å². The average Bonchev–Trinajstić information content (AvgIpc) is 2.16. The first-order valence-corrected chi connectivity index (χ1v) is 5.32. The van der Waals surface area contributed by atoms with E-state index in [0.717, 1.165) is 4.47 Å². The van der Waals surface area contributed by atoms with Crippen LogP contribution < -0.4 is 5.43 Å². The maximum absolute atomic E-state index is 11.5. The topological polar surface area (TPSA) is 30.2 Å². The van der Waals surface area contributed by atoms with Gasteiger partial charge in [0.15, 0.2) is 5.43 Å². The van der Waals surface area contributed by atoms with Gasteiger partial charge in [0.25, 0.3) is 0 Å². The molecule has 0 saturated carbocycles. The molecule has 4 heteroatoms. The summed E-state index contributed by atoms with van der Waals surface area (Å²) < 4.78 is 6.29. The summed E-state index contributed by atoms with van der Waals surface area (Å²) >= 11 is 8.90. The molecule has 0 fully saturated rings. The minimum Gasteiger partial charge on any atom is -0.459 e. The zero-order valence-electron chi connectivity index (χ0n) is 7.09. The van der Waals surface area contributed by atoms with Crippen LogP contribution in [0.4, 0.5) is 0 Å². The van der Waals surface area contributed by atoms with E-state index in [0.29, 0.717) is 16.7 Å². The second kappa shape index (κ2) is 3.75. The highest BCUT2D eigenvalue weighted by Crippen LogP contribution is 2.18. The molecule has 0 radical (unpaired) electrons. The summed E-state index contributed by atoms with van der Waals surface area (Å²) in [6, 6.07) is 6.71. The van der Waals surface area contributed by atoms with Crippen molar-refractivity contribution in [3.05, 3.63) is 44.7 Å². The molecule has 2 nitrogen and oxygen atoms in total. The zero-order chi connectivity index (χ0) is 10.1. The van der Waals surface area contributed by atoms with Crippen molar-refractivity contribution in [1.29, 1.82) is 0 Å². The van der Waals surface area contributed by atoms with E-state index in [-0.39, 0.29) is 11.3 Å². The first-order valence-electron chi connectivity index (χ1n) is 3.99. The van der Waals surface area contributed by atoms with Crippen LogP contribution in [0.15, 0.2) is 37.9 Å². The Morgan fingerprint density at radius 1 is 1.36 bits per heavy atom. The van der Waals surface area contributed by atoms with E-state index in [1.807, 2.05) is 0 Å². The van der Waals surface area contributed by atoms with Crippen molar-refractivity contribution in [1.82, 2.24) is 0 Å². The van der Waals surface area contributed by atoms with Gasteiger partial charge in [0.05, 0.1) is 11.3 Å². The Bertz CT molecular complexity index is 533. The fourth-order valence-corrected chi connectivity index (χ4v) is 1.72. The lowest BCUT2D eigenvalue weighted by Crippen LogP contribution is -2.00. The summed E-state index contributed by atoms with van der Waals surface area (Å²) in [6.45, 7) is 0. The lowest BCUT2D eigenvalue weighted by molar-refractivity contribution is 0.559. The van der Waals surface area contributed by atoms with Crippen LogP contribution in [0.3, 0.4) is 0 Å². The number of benzene rings is 1. The molecule has 0 aliphatic carbocycles. The molecular formula is C10H6BrClO2. The van der Waals surface area contributed by atoms with E-state index in [1.165, 1.54) is 6.07 Å². The van der Waals surface area contributed by atoms with Gasteiger partial charge in [-0.2, -0.15) is 0 Å². The fraction of sp³-hybridized carbons (Fsp3) is 0.100. The van der Waals surface area contributed by atoms with E-state index in [1.54, 1.807) is 18.2 Å². The normalized spacial score (nSPS) is 10.7. The maximum Gasteiger partial charge on any atom is 0.192 e. The monoisotopic (exact) mass is 272 g/mol. The highest BCUT2D eigenvalue weighted by Gasteiger charge is 2.03. The Kier molecular flexibility index (Phi) is 2.61. The van der Waals surface area contributed by atoms with E-state index in [9.17, 15) is 4.79 Å². The van der Waals surface area contributed by atoms with Crippen LogP contribution in [0.1, 0.15) is 5.76 Å². The molecule has 0 spiro atoms. The van der Waals surface area contributed by atoms with Crippen LogP contribution in [-0.4, -0.2) is 0 Å². The Morgan fingerprint density at radius 2 is 2.14 bits per heavy atom. The summed E-state index contributed by atoms with van der Waals surface area (Å²) in [7, 11) is 0. The summed E-state index contributed by atoms with van der Waals surface area (Å²) in [5.41, 5.74) is 0.497. The fourth-order valence-electron chi connectivity index (χ4n) is 1.24. The minimum absolute atomic E-state index is 0.0607. The molecule has 2 aromatic rings. The molecule has 14 heavy (non-hydrogen) atoms. The third kappa shape index (κ3) is 1.70. The highest BCUT2D eigenvalue weighted by molar-refractivity contribution is 9.10. The van der Waals surface area contributed by atoms with Gasteiger partial charge in [0, 0.05) is 10.5 Å². The molecule has 1 aromatic heterocycles. The van der Waals surface area contributed by atoms with Crippen molar-refractivity contribution < 1.29 is 4.42 Å². The minimum atomic E-state index is -0.0607. The third-order valence-corrected chi connectivity index (χ3v) is 2.63. The second-order valence-electron chi connectivity index (χ2n) is 2.85. The molecule has 0 atom stereocenters. The van der Waals surface area contributed by atoms with Crippen LogP contribution in [-0.2, 0) is 5.88 Å². The molecule has 0 saturated heterocycles. The van der Waals surface area contributed by atoms with Crippen molar-refractivity contribution in [2.75, 3.05) is 0 Å². The molecule has 2 rings (SSSR count). The summed E-state index contributed by atoms with van der Waals surface area (Å²) in [5.74, 6) is 0.694. The van der Waals surface area contributed by atoms with Crippen molar-refractivity contribution in [2.45, 2.75) is 5.88 Å². The molecule has 0 aliphatic rings. The van der Waals surface area contributed by atoms with Crippen LogP contribution in [0, 0.1) is 0 Å². The molecule has 72 valence electrons. The molecule has 0 aliphatic heterocycles. The quantitative estimate of drug-likeness (QED) is 0.746. The summed E-state index contributed by atoms with van der Waals surface area (Å²) in [4.78, 5) is 11.5. The first-order chi connectivity index (χ1) is 6.70. The molecule has 1 aromatic carbocycles. The van der Waals surface area contributed by atoms with E-state index in [4.69, 9.17) is 16.0 Å². The number of hydrogen-bond donors (Lipinski definition) is 0. The molecule has 0 bridgehead atoms. The van der Waals surface area contributed by atoms with Crippen molar-refractivity contribution in [3.63, 3.8) is 0 Å². The lowest BCUT2D eigenvalue weighted by Gasteiger charge is -1.99. The molecule has 0 unspecified atom stereocenters. The Hall–Kier alpha value is -0.800. The van der Waals surface area contributed by atoms with Crippen molar-refractivity contribution in [2.24, 2.45) is 0 Å². The predicted molar refractivity (Wildman–Crippen MR) is 59.7 cm³/mol. The number of alkyl halides is 1. The molecular weight excluding hydrogens is 267 g/mol. The molecule has 0 N–H and O–H groups in total. The number of hydrogen-bond acceptors (Lipinski definition) is 2. The van der Waals surface area contributed by atoms with E-state index < -0.39 is 0 Å². The lowest BCUT2D eigenvalue weighted by atomic mass is 10.2. The third-order valence-electron chi connectivity index (χ3n) is 1.87. The smallest absolute Gasteiger partial charge is 0.192 e. The number of halogens is 2. The van der Waals surface area contributed by atoms with Crippen LogP contribution in [0.25, 0.3) is 11.0 Å². The summed E-state index contributed by atoms with van der Waals surface area (Å²) in [5, 5.41) is 0.571. The van der Waals surface area contributed by atoms with Crippen LogP contribution in [0.5, 0.6) is 0 Å². The maximum atomic E-state index is 11.5. The molecule has 0 amide bonds. The average molecular weight is 274 g/mol. The molecule has 1 heterocycles. The van der Waals surface area contributed by atoms with Crippen molar-refractivity contribution in [3.8, 4) is 0 Å². The largest absolute Gasteiger partial charge is 0.459 e. The van der Waals surface area contributed by atoms with E-state index >= 15 is 0 Å². The Morgan fingerprint density at radius 3 is 2.86 bits per heavy atom. The van der Waals surface area contributed by atoms with Gasteiger partial charge >= 0.3 is 0 Å². The van der Waals surface area contributed by atoms with Gasteiger partial charge in [-0.15, -0.1) is 11.6 Å². The van der Waals surface area contributed by atoms with Gasteiger partial charge in [-0.1, -0.05) is 15.9 Å². The van der Waals surface area contributed by atoms with Gasteiger partial charge < -0.3 is 4.42 Å². The second-order valence-corrected chi connectivity index (χ2v) is 4.03. The Labute approximate surface area is 93.6 Å². The van der Waals surface area contributed by atoms with E-state index in [2.05, 4.69) is 15.9 Å². The predicted octanol–water partition coefficient (Wildman–Crippen LogP) is 3.29. The van der Waals surface area contributed by atoms with Gasteiger partial charge in [-0.3, -0.25) is 4.79 Å². The first kappa shape index (κ1) is 9.74. The Balaban J connectivity index is 2.84.